The predicted octanol–water partition coefficient (Wildman–Crippen LogP) is 1.32. The number of anilines is 1. The van der Waals surface area contributed by atoms with Crippen LogP contribution in [0.1, 0.15) is 11.1 Å². The van der Waals surface area contributed by atoms with Crippen LogP contribution < -0.4 is 4.90 Å². The largest absolute Gasteiger partial charge is 0.478 e. The Morgan fingerprint density at radius 2 is 1.71 bits per heavy atom. The van der Waals surface area contributed by atoms with Crippen LogP contribution in [0.2, 0.25) is 0 Å². The minimum atomic E-state index is -5.39. The summed E-state index contributed by atoms with van der Waals surface area (Å²) < 4.78 is 48.6. The van der Waals surface area contributed by atoms with Crippen LogP contribution in [0.25, 0.3) is 6.08 Å². The second-order valence-corrected chi connectivity index (χ2v) is 5.72. The summed E-state index contributed by atoms with van der Waals surface area (Å²) in [5, 5.41) is 8.68. The highest BCUT2D eigenvalue weighted by molar-refractivity contribution is 6.18. The number of fused-ring (bicyclic) bond motifs is 1. The molecule has 150 valence electrons. The van der Waals surface area contributed by atoms with E-state index < -0.39 is 42.0 Å². The number of nitrogens with zero attached hydrogens (tertiary/aromatic N) is 1. The molecule has 0 saturated heterocycles. The van der Waals surface area contributed by atoms with Crippen molar-refractivity contribution in [1.29, 1.82) is 0 Å². The number of methoxy groups -OCH3 is 2. The summed E-state index contributed by atoms with van der Waals surface area (Å²) in [7, 11) is 1.71. The Labute approximate surface area is 156 Å². The Balaban J connectivity index is 2.71. The molecule has 0 fully saturated rings. The molecular formula is C17H14F3NO7. The van der Waals surface area contributed by atoms with Gasteiger partial charge in [0.05, 0.1) is 14.2 Å². The van der Waals surface area contributed by atoms with E-state index in [0.29, 0.717) is 0 Å². The number of halogens is 3. The quantitative estimate of drug-likeness (QED) is 0.460. The number of carboxylic acid groups (broad SMARTS) is 1. The molecule has 2 rings (SSSR count). The lowest BCUT2D eigenvalue weighted by molar-refractivity contribution is -0.176. The smallest absolute Gasteiger partial charge is 0.471 e. The molecule has 0 saturated carbocycles. The van der Waals surface area contributed by atoms with Crippen molar-refractivity contribution in [2.75, 3.05) is 19.1 Å². The summed E-state index contributed by atoms with van der Waals surface area (Å²) in [4.78, 5) is 47.5. The first-order valence-corrected chi connectivity index (χ1v) is 7.61. The molecule has 1 aromatic rings. The fraction of sp³-hybridized carbons (Fsp3) is 0.294. The van der Waals surface area contributed by atoms with Crippen molar-refractivity contribution in [2.45, 2.75) is 18.1 Å². The third-order valence-electron chi connectivity index (χ3n) is 4.08. The standard InChI is InChI=1S/C17H14F3NO7/c1-27-14(25)16(15(26)28-2)8-10-7-9(4-6-12(22)23)3-5-11(10)21(16)13(24)17(18,19)20/h3-7H,8H2,1-2H3,(H,22,23). The summed E-state index contributed by atoms with van der Waals surface area (Å²) in [5.41, 5.74) is -2.74. The van der Waals surface area contributed by atoms with Gasteiger partial charge in [-0.3, -0.25) is 9.69 Å². The number of carboxylic acids is 1. The second kappa shape index (κ2) is 7.33. The van der Waals surface area contributed by atoms with Crippen molar-refractivity contribution in [2.24, 2.45) is 0 Å². The molecule has 0 aliphatic carbocycles. The number of aliphatic carboxylic acids is 1. The molecule has 1 amide bonds. The van der Waals surface area contributed by atoms with Gasteiger partial charge in [-0.1, -0.05) is 6.07 Å². The van der Waals surface area contributed by atoms with Crippen molar-refractivity contribution >= 4 is 35.6 Å². The normalized spacial score (nSPS) is 15.2. The molecule has 0 atom stereocenters. The number of hydrogen-bond donors (Lipinski definition) is 1. The van der Waals surface area contributed by atoms with Gasteiger partial charge in [0.1, 0.15) is 0 Å². The summed E-state index contributed by atoms with van der Waals surface area (Å²) in [6, 6.07) is 3.58. The van der Waals surface area contributed by atoms with Crippen molar-refractivity contribution in [3.63, 3.8) is 0 Å². The molecule has 0 unspecified atom stereocenters. The van der Waals surface area contributed by atoms with Gasteiger partial charge in [-0.05, 0) is 29.3 Å². The van der Waals surface area contributed by atoms with Crippen LogP contribution in [0.4, 0.5) is 18.9 Å². The van der Waals surface area contributed by atoms with E-state index in [2.05, 4.69) is 9.47 Å². The van der Waals surface area contributed by atoms with Crippen LogP contribution in [-0.4, -0.2) is 54.9 Å². The molecule has 1 heterocycles. The van der Waals surface area contributed by atoms with Gasteiger partial charge in [-0.25, -0.2) is 14.4 Å². The van der Waals surface area contributed by atoms with E-state index in [-0.39, 0.29) is 21.7 Å². The van der Waals surface area contributed by atoms with E-state index in [4.69, 9.17) is 5.11 Å². The number of hydrogen-bond acceptors (Lipinski definition) is 6. The molecule has 11 heteroatoms. The minimum Gasteiger partial charge on any atom is -0.478 e. The SMILES string of the molecule is COC(=O)C1(C(=O)OC)Cc2cc(C=CC(=O)O)ccc2N1C(=O)C(F)(F)F. The number of rotatable bonds is 4. The van der Waals surface area contributed by atoms with Crippen molar-refractivity contribution in [3.8, 4) is 0 Å². The van der Waals surface area contributed by atoms with E-state index >= 15 is 0 Å². The molecule has 1 aliphatic rings. The molecule has 0 bridgehead atoms. The monoisotopic (exact) mass is 401 g/mol. The van der Waals surface area contributed by atoms with Gasteiger partial charge in [0.2, 0.25) is 5.54 Å². The summed E-state index contributed by atoms with van der Waals surface area (Å²) >= 11 is 0. The van der Waals surface area contributed by atoms with Gasteiger partial charge >= 0.3 is 30.0 Å². The Morgan fingerprint density at radius 1 is 1.14 bits per heavy atom. The lowest BCUT2D eigenvalue weighted by atomic mass is 9.93. The third kappa shape index (κ3) is 3.42. The number of benzene rings is 1. The van der Waals surface area contributed by atoms with E-state index in [1.54, 1.807) is 0 Å². The van der Waals surface area contributed by atoms with Gasteiger partial charge < -0.3 is 14.6 Å². The third-order valence-corrected chi connectivity index (χ3v) is 4.08. The average Bonchev–Trinajstić information content (AvgIpc) is 2.98. The van der Waals surface area contributed by atoms with Crippen LogP contribution in [-0.2, 0) is 35.1 Å². The first-order chi connectivity index (χ1) is 13.0. The Hall–Kier alpha value is -3.37. The fourth-order valence-electron chi connectivity index (χ4n) is 2.95. The zero-order chi connectivity index (χ0) is 21.3. The van der Waals surface area contributed by atoms with Crippen LogP contribution in [0, 0.1) is 0 Å². The fourth-order valence-corrected chi connectivity index (χ4v) is 2.95. The highest BCUT2D eigenvalue weighted by atomic mass is 19.4. The zero-order valence-electron chi connectivity index (χ0n) is 14.6. The lowest BCUT2D eigenvalue weighted by Crippen LogP contribution is -2.64. The second-order valence-electron chi connectivity index (χ2n) is 5.72. The summed E-state index contributed by atoms with van der Waals surface area (Å²) in [5.74, 6) is -6.52. The first kappa shape index (κ1) is 20.9. The lowest BCUT2D eigenvalue weighted by Gasteiger charge is -2.33. The topological polar surface area (TPSA) is 110 Å². The van der Waals surface area contributed by atoms with E-state index in [1.165, 1.54) is 12.1 Å². The number of carbonyl (C=O) groups excluding carboxylic acids is 3. The first-order valence-electron chi connectivity index (χ1n) is 7.61. The molecular weight excluding hydrogens is 387 g/mol. The Morgan fingerprint density at radius 3 is 2.18 bits per heavy atom. The summed E-state index contributed by atoms with van der Waals surface area (Å²) in [6.45, 7) is 0. The van der Waals surface area contributed by atoms with Crippen molar-refractivity contribution in [3.05, 3.63) is 35.4 Å². The van der Waals surface area contributed by atoms with Crippen LogP contribution >= 0.6 is 0 Å². The van der Waals surface area contributed by atoms with Crippen molar-refractivity contribution in [1.82, 2.24) is 0 Å². The van der Waals surface area contributed by atoms with Gasteiger partial charge in [-0.2, -0.15) is 13.2 Å². The molecule has 0 spiro atoms. The molecule has 8 nitrogen and oxygen atoms in total. The maximum absolute atomic E-state index is 13.2. The Bertz CT molecular complexity index is 860. The van der Waals surface area contributed by atoms with Gasteiger partial charge in [0.15, 0.2) is 0 Å². The van der Waals surface area contributed by atoms with Crippen LogP contribution in [0.5, 0.6) is 0 Å². The molecule has 1 aliphatic heterocycles. The maximum Gasteiger partial charge on any atom is 0.471 e. The van der Waals surface area contributed by atoms with Crippen LogP contribution in [0.15, 0.2) is 24.3 Å². The average molecular weight is 401 g/mol. The highest BCUT2D eigenvalue weighted by Gasteiger charge is 2.64. The van der Waals surface area contributed by atoms with E-state index in [0.717, 1.165) is 32.4 Å². The molecule has 0 radical (unpaired) electrons. The van der Waals surface area contributed by atoms with Crippen molar-refractivity contribution < 1.29 is 46.9 Å². The number of ether oxygens (including phenoxy) is 2. The number of amides is 1. The highest BCUT2D eigenvalue weighted by Crippen LogP contribution is 2.43. The Kier molecular flexibility index (Phi) is 5.48. The number of carbonyl (C=O) groups is 4. The molecule has 28 heavy (non-hydrogen) atoms. The summed E-state index contributed by atoms with van der Waals surface area (Å²) in [6.07, 6.45) is -4.08. The van der Waals surface area contributed by atoms with E-state index in [9.17, 15) is 32.3 Å². The van der Waals surface area contributed by atoms with Crippen LogP contribution in [0.3, 0.4) is 0 Å². The van der Waals surface area contributed by atoms with E-state index in [1.807, 2.05) is 0 Å². The molecule has 1 aromatic carbocycles. The van der Waals surface area contributed by atoms with Gasteiger partial charge in [-0.15, -0.1) is 0 Å². The molecule has 1 N–H and O–H groups in total. The maximum atomic E-state index is 13.2. The number of alkyl halides is 3. The minimum absolute atomic E-state index is 0.0185. The zero-order valence-corrected chi connectivity index (χ0v) is 14.6. The predicted molar refractivity (Wildman–Crippen MR) is 87.1 cm³/mol. The molecule has 0 aromatic heterocycles. The van der Waals surface area contributed by atoms with Gasteiger partial charge in [0, 0.05) is 18.2 Å². The number of esters is 2. The van der Waals surface area contributed by atoms with Gasteiger partial charge in [0.25, 0.3) is 0 Å².